The van der Waals surface area contributed by atoms with Crippen LogP contribution in [0.25, 0.3) is 10.4 Å². The first-order valence-corrected chi connectivity index (χ1v) is 7.37. The van der Waals surface area contributed by atoms with Crippen LogP contribution in [0.3, 0.4) is 0 Å². The second-order valence-electron chi connectivity index (χ2n) is 4.39. The second kappa shape index (κ2) is 6.24. The van der Waals surface area contributed by atoms with Gasteiger partial charge in [-0.2, -0.15) is 0 Å². The number of benzene rings is 2. The molecule has 1 aromatic heterocycles. The average Bonchev–Trinajstić information content (AvgIpc) is 2.97. The molecule has 0 aliphatic heterocycles. The van der Waals surface area contributed by atoms with E-state index in [0.717, 1.165) is 16.1 Å². The van der Waals surface area contributed by atoms with Crippen molar-refractivity contribution in [3.8, 4) is 16.2 Å². The summed E-state index contributed by atoms with van der Waals surface area (Å²) in [7, 11) is 0. The van der Waals surface area contributed by atoms with Gasteiger partial charge in [-0.25, -0.2) is 4.79 Å². The van der Waals surface area contributed by atoms with Crippen molar-refractivity contribution in [1.82, 2.24) is 0 Å². The summed E-state index contributed by atoms with van der Waals surface area (Å²) in [6, 6.07) is 21.0. The van der Waals surface area contributed by atoms with Gasteiger partial charge >= 0.3 is 6.09 Å². The molecular formula is C17H13NO2S. The molecule has 0 aliphatic rings. The van der Waals surface area contributed by atoms with Gasteiger partial charge in [-0.1, -0.05) is 48.5 Å². The Balaban J connectivity index is 1.66. The molecule has 1 heterocycles. The maximum Gasteiger partial charge on any atom is 0.417 e. The number of hydrogen-bond acceptors (Lipinski definition) is 3. The number of ether oxygens (including phenoxy) is 1. The van der Waals surface area contributed by atoms with Crippen molar-refractivity contribution in [2.24, 2.45) is 0 Å². The van der Waals surface area contributed by atoms with E-state index < -0.39 is 6.09 Å². The van der Waals surface area contributed by atoms with Crippen molar-refractivity contribution in [3.63, 3.8) is 0 Å². The maximum absolute atomic E-state index is 11.8. The first kappa shape index (κ1) is 13.4. The SMILES string of the molecule is O=C(Nc1csc(-c2ccccc2)c1)Oc1ccccc1. The Morgan fingerprint density at radius 1 is 0.952 bits per heavy atom. The zero-order valence-corrected chi connectivity index (χ0v) is 12.0. The molecule has 0 spiro atoms. The van der Waals surface area contributed by atoms with E-state index in [1.165, 1.54) is 0 Å². The monoisotopic (exact) mass is 295 g/mol. The highest BCUT2D eigenvalue weighted by Gasteiger charge is 2.07. The average molecular weight is 295 g/mol. The molecule has 104 valence electrons. The topological polar surface area (TPSA) is 38.3 Å². The third-order valence-corrected chi connectivity index (χ3v) is 3.84. The van der Waals surface area contributed by atoms with Gasteiger partial charge in [-0.3, -0.25) is 5.32 Å². The Morgan fingerprint density at radius 2 is 1.62 bits per heavy atom. The summed E-state index contributed by atoms with van der Waals surface area (Å²) in [6.07, 6.45) is -0.487. The maximum atomic E-state index is 11.8. The minimum Gasteiger partial charge on any atom is -0.410 e. The van der Waals surface area contributed by atoms with Gasteiger partial charge < -0.3 is 4.74 Å². The Kier molecular flexibility index (Phi) is 3.98. The zero-order valence-electron chi connectivity index (χ0n) is 11.2. The fraction of sp³-hybridized carbons (Fsp3) is 0. The zero-order chi connectivity index (χ0) is 14.5. The minimum atomic E-state index is -0.487. The lowest BCUT2D eigenvalue weighted by Gasteiger charge is -2.04. The molecule has 2 aromatic carbocycles. The van der Waals surface area contributed by atoms with E-state index in [1.54, 1.807) is 23.5 Å². The smallest absolute Gasteiger partial charge is 0.410 e. The second-order valence-corrected chi connectivity index (χ2v) is 5.30. The molecule has 0 saturated carbocycles. The van der Waals surface area contributed by atoms with Crippen LogP contribution in [0.15, 0.2) is 72.1 Å². The molecule has 3 rings (SSSR count). The molecule has 0 aliphatic carbocycles. The number of amides is 1. The van der Waals surface area contributed by atoms with Crippen LogP contribution in [0.5, 0.6) is 5.75 Å². The summed E-state index contributed by atoms with van der Waals surface area (Å²) in [4.78, 5) is 12.9. The highest BCUT2D eigenvalue weighted by Crippen LogP contribution is 2.29. The molecular weight excluding hydrogens is 282 g/mol. The number of thiophene rings is 1. The molecule has 3 nitrogen and oxygen atoms in total. The van der Waals surface area contributed by atoms with E-state index in [1.807, 2.05) is 60.0 Å². The van der Waals surface area contributed by atoms with Gasteiger partial charge in [0.1, 0.15) is 5.75 Å². The summed E-state index contributed by atoms with van der Waals surface area (Å²) in [5.41, 5.74) is 1.87. The lowest BCUT2D eigenvalue weighted by atomic mass is 10.2. The van der Waals surface area contributed by atoms with Crippen molar-refractivity contribution in [1.29, 1.82) is 0 Å². The molecule has 0 bridgehead atoms. The normalized spacial score (nSPS) is 10.1. The van der Waals surface area contributed by atoms with Gasteiger partial charge in [0, 0.05) is 10.3 Å². The minimum absolute atomic E-state index is 0.487. The number of para-hydroxylation sites is 1. The van der Waals surface area contributed by atoms with Gasteiger partial charge in [0.2, 0.25) is 0 Å². The lowest BCUT2D eigenvalue weighted by Crippen LogP contribution is -2.16. The van der Waals surface area contributed by atoms with Crippen LogP contribution >= 0.6 is 11.3 Å². The van der Waals surface area contributed by atoms with Crippen LogP contribution in [0.2, 0.25) is 0 Å². The van der Waals surface area contributed by atoms with Crippen molar-refractivity contribution < 1.29 is 9.53 Å². The van der Waals surface area contributed by atoms with Crippen LogP contribution in [0.4, 0.5) is 10.5 Å². The fourth-order valence-corrected chi connectivity index (χ4v) is 2.74. The van der Waals surface area contributed by atoms with Crippen molar-refractivity contribution in [2.75, 3.05) is 5.32 Å². The molecule has 1 N–H and O–H groups in total. The number of hydrogen-bond donors (Lipinski definition) is 1. The first-order chi connectivity index (χ1) is 10.3. The van der Waals surface area contributed by atoms with Gasteiger partial charge in [0.15, 0.2) is 0 Å². The molecule has 0 saturated heterocycles. The molecule has 0 fully saturated rings. The summed E-state index contributed by atoms with van der Waals surface area (Å²) in [6.45, 7) is 0. The summed E-state index contributed by atoms with van der Waals surface area (Å²) < 4.78 is 5.19. The Hall–Kier alpha value is -2.59. The van der Waals surface area contributed by atoms with Gasteiger partial charge in [-0.05, 0) is 23.8 Å². The molecule has 1 amide bonds. The van der Waals surface area contributed by atoms with E-state index in [9.17, 15) is 4.79 Å². The van der Waals surface area contributed by atoms with Gasteiger partial charge in [-0.15, -0.1) is 11.3 Å². The van der Waals surface area contributed by atoms with E-state index in [2.05, 4.69) is 5.32 Å². The third kappa shape index (κ3) is 3.49. The fourth-order valence-electron chi connectivity index (χ4n) is 1.89. The van der Waals surface area contributed by atoms with Crippen LogP contribution in [0, 0.1) is 0 Å². The van der Waals surface area contributed by atoms with Crippen LogP contribution in [-0.2, 0) is 0 Å². The van der Waals surface area contributed by atoms with Gasteiger partial charge in [0.25, 0.3) is 0 Å². The van der Waals surface area contributed by atoms with Crippen molar-refractivity contribution in [3.05, 3.63) is 72.1 Å². The standard InChI is InChI=1S/C17H13NO2S/c19-17(20-15-9-5-2-6-10-15)18-14-11-16(21-12-14)13-7-3-1-4-8-13/h1-12H,(H,18,19). The largest absolute Gasteiger partial charge is 0.417 e. The third-order valence-electron chi connectivity index (χ3n) is 2.86. The van der Waals surface area contributed by atoms with Crippen molar-refractivity contribution in [2.45, 2.75) is 0 Å². The van der Waals surface area contributed by atoms with Gasteiger partial charge in [0.05, 0.1) is 5.69 Å². The molecule has 0 radical (unpaired) electrons. The van der Waals surface area contributed by atoms with E-state index >= 15 is 0 Å². The van der Waals surface area contributed by atoms with Crippen LogP contribution < -0.4 is 10.1 Å². The molecule has 3 aromatic rings. The van der Waals surface area contributed by atoms with Crippen LogP contribution in [0.1, 0.15) is 0 Å². The molecule has 21 heavy (non-hydrogen) atoms. The van der Waals surface area contributed by atoms with E-state index in [-0.39, 0.29) is 0 Å². The first-order valence-electron chi connectivity index (χ1n) is 6.49. The number of carbonyl (C=O) groups excluding carboxylic acids is 1. The van der Waals surface area contributed by atoms with Crippen LogP contribution in [-0.4, -0.2) is 6.09 Å². The number of nitrogens with one attached hydrogen (secondary N) is 1. The Labute approximate surface area is 126 Å². The highest BCUT2D eigenvalue weighted by atomic mass is 32.1. The van der Waals surface area contributed by atoms with E-state index in [4.69, 9.17) is 4.74 Å². The Morgan fingerprint density at radius 3 is 2.33 bits per heavy atom. The molecule has 0 atom stereocenters. The number of carbonyl (C=O) groups is 1. The Bertz CT molecular complexity index is 723. The summed E-state index contributed by atoms with van der Waals surface area (Å²) in [5, 5.41) is 4.63. The number of anilines is 1. The predicted molar refractivity (Wildman–Crippen MR) is 85.8 cm³/mol. The predicted octanol–water partition coefficient (Wildman–Crippen LogP) is 5.03. The number of rotatable bonds is 3. The molecule has 4 heteroatoms. The lowest BCUT2D eigenvalue weighted by molar-refractivity contribution is 0.215. The highest BCUT2D eigenvalue weighted by molar-refractivity contribution is 7.14. The van der Waals surface area contributed by atoms with E-state index in [0.29, 0.717) is 5.75 Å². The van der Waals surface area contributed by atoms with Crippen molar-refractivity contribution >= 4 is 23.1 Å². The summed E-state index contributed by atoms with van der Waals surface area (Å²) in [5.74, 6) is 0.522. The quantitative estimate of drug-likeness (QED) is 0.736. The molecule has 0 unspecified atom stereocenters. The summed E-state index contributed by atoms with van der Waals surface area (Å²) >= 11 is 1.58.